The Hall–Kier alpha value is -3.96. The highest BCUT2D eigenvalue weighted by Gasteiger charge is 2.46. The van der Waals surface area contributed by atoms with Crippen molar-refractivity contribution in [3.05, 3.63) is 59.3 Å². The van der Waals surface area contributed by atoms with Gasteiger partial charge in [0.1, 0.15) is 12.1 Å². The number of hydrogen-bond donors (Lipinski definition) is 2. The standard InChI is InChI=1S/C23H19F3N4O5S.CH4O.H2/c1-35-20(31)12-30-11-16(10-28-30)14-3-5-19(18(9-14)23(24,25)26)36(33,34)17-4-2-15(8-17)21(32)29-22(13-27)6-7-22;1-2;/h2-5,8-11,15H,6-7,12H2,1H3,(H,29,32);2H,1H3;1H/t15-;;/m1../s1. The summed E-state index contributed by atoms with van der Waals surface area (Å²) in [5.74, 6) is -2.24. The largest absolute Gasteiger partial charge is 0.468 e. The zero-order chi connectivity index (χ0) is 28.3. The first-order valence-corrected chi connectivity index (χ1v) is 12.5. The molecule has 1 atom stereocenters. The van der Waals surface area contributed by atoms with Crippen molar-refractivity contribution in [1.29, 1.82) is 5.26 Å². The maximum atomic E-state index is 13.9. The molecule has 0 unspecified atom stereocenters. The van der Waals surface area contributed by atoms with Crippen molar-refractivity contribution in [3.8, 4) is 17.2 Å². The van der Waals surface area contributed by atoms with Crippen LogP contribution in [0.25, 0.3) is 11.1 Å². The highest BCUT2D eigenvalue weighted by atomic mass is 32.2. The van der Waals surface area contributed by atoms with Gasteiger partial charge in [-0.1, -0.05) is 12.1 Å². The van der Waals surface area contributed by atoms with Gasteiger partial charge in [-0.25, -0.2) is 8.42 Å². The van der Waals surface area contributed by atoms with E-state index in [4.69, 9.17) is 10.4 Å². The van der Waals surface area contributed by atoms with Crippen LogP contribution in [0.2, 0.25) is 0 Å². The molecule has 2 aromatic rings. The molecule has 10 nitrogen and oxygen atoms in total. The normalized spacial score (nSPS) is 17.5. The molecule has 1 heterocycles. The Morgan fingerprint density at radius 3 is 2.58 bits per heavy atom. The molecule has 0 aliphatic heterocycles. The van der Waals surface area contributed by atoms with E-state index in [0.29, 0.717) is 18.9 Å². The molecule has 38 heavy (non-hydrogen) atoms. The highest BCUT2D eigenvalue weighted by molar-refractivity contribution is 7.95. The topological polar surface area (TPSA) is 151 Å². The average Bonchev–Trinajstić information content (AvgIpc) is 3.26. The summed E-state index contributed by atoms with van der Waals surface area (Å²) in [6.45, 7) is -0.250. The predicted octanol–water partition coefficient (Wildman–Crippen LogP) is 2.61. The van der Waals surface area contributed by atoms with Gasteiger partial charge in [0.2, 0.25) is 15.7 Å². The number of benzene rings is 1. The quantitative estimate of drug-likeness (QED) is 0.496. The number of amides is 1. The van der Waals surface area contributed by atoms with Crippen LogP contribution >= 0.6 is 0 Å². The molecule has 2 aliphatic carbocycles. The van der Waals surface area contributed by atoms with Gasteiger partial charge in [-0.3, -0.25) is 14.3 Å². The van der Waals surface area contributed by atoms with Crippen LogP contribution in [0.4, 0.5) is 13.2 Å². The van der Waals surface area contributed by atoms with Crippen molar-refractivity contribution in [2.24, 2.45) is 5.92 Å². The van der Waals surface area contributed by atoms with Gasteiger partial charge < -0.3 is 15.2 Å². The summed E-state index contributed by atoms with van der Waals surface area (Å²) in [4.78, 5) is 22.4. The van der Waals surface area contributed by atoms with Crippen molar-refractivity contribution in [2.45, 2.75) is 36.0 Å². The molecule has 1 aromatic carbocycles. The number of nitriles is 1. The molecule has 2 aliphatic rings. The van der Waals surface area contributed by atoms with Gasteiger partial charge >= 0.3 is 12.1 Å². The number of nitrogens with zero attached hydrogens (tertiary/aromatic N) is 3. The van der Waals surface area contributed by atoms with Crippen molar-refractivity contribution >= 4 is 21.7 Å². The number of sulfone groups is 1. The van der Waals surface area contributed by atoms with Crippen LogP contribution in [0.5, 0.6) is 0 Å². The molecule has 204 valence electrons. The number of carbonyl (C=O) groups excluding carboxylic acids is 2. The molecule has 0 radical (unpaired) electrons. The van der Waals surface area contributed by atoms with E-state index in [1.807, 2.05) is 6.07 Å². The smallest absolute Gasteiger partial charge is 0.417 e. The Kier molecular flexibility index (Phi) is 8.13. The van der Waals surface area contributed by atoms with Crippen molar-refractivity contribution in [3.63, 3.8) is 0 Å². The lowest BCUT2D eigenvalue weighted by Crippen LogP contribution is -2.38. The Bertz CT molecular complexity index is 1460. The molecule has 1 fully saturated rings. The number of carbonyl (C=O) groups is 2. The summed E-state index contributed by atoms with van der Waals surface area (Å²) in [5, 5.41) is 22.6. The zero-order valence-corrected chi connectivity index (χ0v) is 21.0. The van der Waals surface area contributed by atoms with Gasteiger partial charge in [0, 0.05) is 20.3 Å². The first kappa shape index (κ1) is 28.6. The number of alkyl halides is 3. The molecule has 0 spiro atoms. The molecule has 4 rings (SSSR count). The Labute approximate surface area is 217 Å². The Balaban J connectivity index is 0.00000174. The third-order valence-electron chi connectivity index (χ3n) is 5.81. The molecule has 14 heteroatoms. The second kappa shape index (κ2) is 10.8. The van der Waals surface area contributed by atoms with Gasteiger partial charge in [0.25, 0.3) is 0 Å². The molecular weight excluding hydrogens is 529 g/mol. The van der Waals surface area contributed by atoms with Crippen molar-refractivity contribution in [1.82, 2.24) is 15.1 Å². The summed E-state index contributed by atoms with van der Waals surface area (Å²) >= 11 is 0. The van der Waals surface area contributed by atoms with Crippen LogP contribution < -0.4 is 5.32 Å². The van der Waals surface area contributed by atoms with Crippen LogP contribution in [-0.4, -0.2) is 54.9 Å². The van der Waals surface area contributed by atoms with E-state index in [9.17, 15) is 31.2 Å². The molecule has 1 amide bonds. The number of hydrogen-bond acceptors (Lipinski definition) is 8. The van der Waals surface area contributed by atoms with Gasteiger partial charge in [0.15, 0.2) is 0 Å². The number of aliphatic hydroxyl groups excluding tert-OH is 1. The lowest BCUT2D eigenvalue weighted by molar-refractivity contribution is -0.141. The average molecular weight is 555 g/mol. The molecule has 1 aromatic heterocycles. The predicted molar refractivity (Wildman–Crippen MR) is 129 cm³/mol. The number of aliphatic hydroxyl groups is 1. The highest BCUT2D eigenvalue weighted by Crippen LogP contribution is 2.40. The number of aromatic nitrogens is 2. The Morgan fingerprint density at radius 2 is 2.00 bits per heavy atom. The van der Waals surface area contributed by atoms with Crippen molar-refractivity contribution in [2.75, 3.05) is 14.2 Å². The third-order valence-corrected chi connectivity index (χ3v) is 7.64. The first-order valence-electron chi connectivity index (χ1n) is 11.0. The minimum Gasteiger partial charge on any atom is -0.468 e. The van der Waals surface area contributed by atoms with Gasteiger partial charge in [-0.05, 0) is 42.7 Å². The summed E-state index contributed by atoms with van der Waals surface area (Å²) in [5.41, 5.74) is -2.08. The SMILES string of the molecule is CO.COC(=O)Cn1cc(-c2ccc(S(=O)(=O)C3=C[C@H](C(=O)NC4(C#N)CC4)C=C3)c(C(F)(F)F)c2)cn1.[HH]. The lowest BCUT2D eigenvalue weighted by Gasteiger charge is -2.15. The van der Waals surface area contributed by atoms with Crippen LogP contribution in [-0.2, 0) is 36.9 Å². The second-order valence-corrected chi connectivity index (χ2v) is 10.3. The van der Waals surface area contributed by atoms with E-state index in [0.717, 1.165) is 25.3 Å². The van der Waals surface area contributed by atoms with E-state index < -0.39 is 54.7 Å². The molecular formula is C24H25F3N4O6S. The minimum absolute atomic E-state index is 0. The van der Waals surface area contributed by atoms with E-state index in [2.05, 4.69) is 15.2 Å². The molecule has 0 bridgehead atoms. The van der Waals surface area contributed by atoms with E-state index in [1.54, 1.807) is 0 Å². The van der Waals surface area contributed by atoms with E-state index in [-0.39, 0.29) is 19.1 Å². The number of esters is 1. The number of allylic oxidation sites excluding steroid dienone is 1. The van der Waals surface area contributed by atoms with E-state index >= 15 is 0 Å². The fraction of sp³-hybridized carbons (Fsp3) is 0.333. The summed E-state index contributed by atoms with van der Waals surface area (Å²) in [6, 6.07) is 4.73. The monoisotopic (exact) mass is 554 g/mol. The Morgan fingerprint density at radius 1 is 1.32 bits per heavy atom. The number of rotatable bonds is 7. The fourth-order valence-electron chi connectivity index (χ4n) is 3.63. The molecule has 2 N–H and O–H groups in total. The lowest BCUT2D eigenvalue weighted by atomic mass is 10.1. The summed E-state index contributed by atoms with van der Waals surface area (Å²) < 4.78 is 73.8. The van der Waals surface area contributed by atoms with Gasteiger partial charge in [0.05, 0.1) is 40.7 Å². The van der Waals surface area contributed by atoms with Crippen LogP contribution in [0.15, 0.2) is 58.6 Å². The van der Waals surface area contributed by atoms with Crippen molar-refractivity contribution < 1.29 is 42.4 Å². The minimum atomic E-state index is -5.01. The van der Waals surface area contributed by atoms with Crippen LogP contribution in [0.1, 0.15) is 19.8 Å². The fourth-order valence-corrected chi connectivity index (χ4v) is 5.17. The van der Waals surface area contributed by atoms with Gasteiger partial charge in [-0.2, -0.15) is 23.5 Å². The second-order valence-electron chi connectivity index (χ2n) is 8.35. The summed E-state index contributed by atoms with van der Waals surface area (Å²) in [6.07, 6.45) is 1.91. The van der Waals surface area contributed by atoms with E-state index in [1.165, 1.54) is 36.3 Å². The third kappa shape index (κ3) is 5.95. The number of ether oxygens (including phenoxy) is 1. The number of nitrogens with one attached hydrogen (secondary N) is 1. The molecule has 0 saturated heterocycles. The first-order chi connectivity index (χ1) is 17.9. The number of halogens is 3. The maximum absolute atomic E-state index is 13.9. The maximum Gasteiger partial charge on any atom is 0.417 e. The zero-order valence-electron chi connectivity index (χ0n) is 20.2. The van der Waals surface area contributed by atoms with Gasteiger partial charge in [-0.15, -0.1) is 0 Å². The molecule has 1 saturated carbocycles. The number of methoxy groups -OCH3 is 1. The van der Waals surface area contributed by atoms with Crippen LogP contribution in [0.3, 0.4) is 0 Å². The summed E-state index contributed by atoms with van der Waals surface area (Å²) in [7, 11) is -2.46. The van der Waals surface area contributed by atoms with Crippen LogP contribution in [0, 0.1) is 17.2 Å².